The van der Waals surface area contributed by atoms with Crippen molar-refractivity contribution in [1.29, 1.82) is 0 Å². The molecule has 1 aromatic rings. The highest BCUT2D eigenvalue weighted by Crippen LogP contribution is 2.25. The van der Waals surface area contributed by atoms with E-state index in [1.165, 1.54) is 0 Å². The van der Waals surface area contributed by atoms with Gasteiger partial charge in [-0.2, -0.15) is 0 Å². The molecule has 0 amide bonds. The Bertz CT molecular complexity index is 291. The first-order valence-corrected chi connectivity index (χ1v) is 6.00. The second-order valence-corrected chi connectivity index (χ2v) is 4.67. The van der Waals surface area contributed by atoms with Gasteiger partial charge in [0.15, 0.2) is 0 Å². The lowest BCUT2D eigenvalue weighted by molar-refractivity contribution is 0.198. The van der Waals surface area contributed by atoms with Crippen LogP contribution in [0, 0.1) is 0 Å². The molecule has 0 fully saturated rings. The number of rotatable bonds is 5. The summed E-state index contributed by atoms with van der Waals surface area (Å²) >= 11 is 6.90. The molecule has 0 saturated carbocycles. The standard InChI is InChI=1S/C10H13Br2NO/c1-14-6-2-5-13-10-4-3-8(11)7-9(10)12/h3-4,7,13H,2,5-6H2,1H3. The largest absolute Gasteiger partial charge is 0.385 e. The Morgan fingerprint density at radius 3 is 2.79 bits per heavy atom. The third-order valence-corrected chi connectivity index (χ3v) is 2.92. The second kappa shape index (κ2) is 6.43. The van der Waals surface area contributed by atoms with Crippen molar-refractivity contribution in [3.05, 3.63) is 27.1 Å². The van der Waals surface area contributed by atoms with E-state index < -0.39 is 0 Å². The summed E-state index contributed by atoms with van der Waals surface area (Å²) in [6, 6.07) is 6.09. The molecular formula is C10H13Br2NO. The summed E-state index contributed by atoms with van der Waals surface area (Å²) in [5.74, 6) is 0. The topological polar surface area (TPSA) is 21.3 Å². The van der Waals surface area contributed by atoms with E-state index in [2.05, 4.69) is 37.2 Å². The van der Waals surface area contributed by atoms with Crippen LogP contribution in [0.1, 0.15) is 6.42 Å². The molecule has 0 bridgehead atoms. The Morgan fingerprint density at radius 2 is 2.14 bits per heavy atom. The summed E-state index contributed by atoms with van der Waals surface area (Å²) in [4.78, 5) is 0. The van der Waals surface area contributed by atoms with Crippen molar-refractivity contribution in [2.24, 2.45) is 0 Å². The summed E-state index contributed by atoms with van der Waals surface area (Å²) in [6.07, 6.45) is 1.01. The summed E-state index contributed by atoms with van der Waals surface area (Å²) in [7, 11) is 1.72. The molecule has 1 aromatic carbocycles. The SMILES string of the molecule is COCCCNc1ccc(Br)cc1Br. The van der Waals surface area contributed by atoms with E-state index in [9.17, 15) is 0 Å². The second-order valence-electron chi connectivity index (χ2n) is 2.90. The molecule has 0 heterocycles. The number of benzene rings is 1. The highest BCUT2D eigenvalue weighted by Gasteiger charge is 1.98. The maximum Gasteiger partial charge on any atom is 0.0485 e. The molecule has 78 valence electrons. The van der Waals surface area contributed by atoms with Crippen LogP contribution >= 0.6 is 31.9 Å². The van der Waals surface area contributed by atoms with Crippen molar-refractivity contribution in [3.63, 3.8) is 0 Å². The maximum absolute atomic E-state index is 4.97. The van der Waals surface area contributed by atoms with Crippen molar-refractivity contribution >= 4 is 37.5 Å². The van der Waals surface area contributed by atoms with Crippen LogP contribution in [0.2, 0.25) is 0 Å². The molecule has 0 spiro atoms. The molecule has 14 heavy (non-hydrogen) atoms. The third-order valence-electron chi connectivity index (χ3n) is 1.77. The van der Waals surface area contributed by atoms with Gasteiger partial charge in [0, 0.05) is 34.9 Å². The zero-order valence-electron chi connectivity index (χ0n) is 8.02. The van der Waals surface area contributed by atoms with Crippen LogP contribution in [0.15, 0.2) is 27.1 Å². The average Bonchev–Trinajstić information content (AvgIpc) is 2.15. The number of methoxy groups -OCH3 is 1. The molecule has 0 saturated heterocycles. The molecule has 0 aromatic heterocycles. The fourth-order valence-electron chi connectivity index (χ4n) is 1.07. The third kappa shape index (κ3) is 3.98. The van der Waals surface area contributed by atoms with E-state index in [0.29, 0.717) is 0 Å². The first kappa shape index (κ1) is 12.0. The highest BCUT2D eigenvalue weighted by atomic mass is 79.9. The Balaban J connectivity index is 2.42. The Hall–Kier alpha value is -0.0600. The fourth-order valence-corrected chi connectivity index (χ4v) is 2.26. The molecule has 1 rings (SSSR count). The van der Waals surface area contributed by atoms with Gasteiger partial charge in [-0.15, -0.1) is 0 Å². The summed E-state index contributed by atoms with van der Waals surface area (Å²) in [5.41, 5.74) is 1.12. The predicted molar refractivity (Wildman–Crippen MR) is 66.8 cm³/mol. The zero-order chi connectivity index (χ0) is 10.4. The van der Waals surface area contributed by atoms with Crippen molar-refractivity contribution in [1.82, 2.24) is 0 Å². The van der Waals surface area contributed by atoms with Crippen molar-refractivity contribution in [3.8, 4) is 0 Å². The van der Waals surface area contributed by atoms with E-state index in [1.807, 2.05) is 18.2 Å². The van der Waals surface area contributed by atoms with Gasteiger partial charge in [0.25, 0.3) is 0 Å². The van der Waals surface area contributed by atoms with E-state index in [1.54, 1.807) is 7.11 Å². The molecule has 0 unspecified atom stereocenters. The highest BCUT2D eigenvalue weighted by molar-refractivity contribution is 9.11. The number of anilines is 1. The molecule has 0 aliphatic carbocycles. The molecule has 0 radical (unpaired) electrons. The smallest absolute Gasteiger partial charge is 0.0485 e. The van der Waals surface area contributed by atoms with Gasteiger partial charge in [0.1, 0.15) is 0 Å². The Kier molecular flexibility index (Phi) is 5.52. The summed E-state index contributed by atoms with van der Waals surface area (Å²) in [5, 5.41) is 3.33. The van der Waals surface area contributed by atoms with Gasteiger partial charge in [-0.25, -0.2) is 0 Å². The zero-order valence-corrected chi connectivity index (χ0v) is 11.2. The molecule has 0 aliphatic rings. The van der Waals surface area contributed by atoms with E-state index >= 15 is 0 Å². The van der Waals surface area contributed by atoms with E-state index in [0.717, 1.165) is 34.2 Å². The normalized spacial score (nSPS) is 10.2. The summed E-state index contributed by atoms with van der Waals surface area (Å²) in [6.45, 7) is 1.72. The van der Waals surface area contributed by atoms with Gasteiger partial charge < -0.3 is 10.1 Å². The number of halogens is 2. The van der Waals surface area contributed by atoms with Gasteiger partial charge in [0.05, 0.1) is 0 Å². The van der Waals surface area contributed by atoms with E-state index in [4.69, 9.17) is 4.74 Å². The van der Waals surface area contributed by atoms with Crippen LogP contribution in [0.25, 0.3) is 0 Å². The number of hydrogen-bond donors (Lipinski definition) is 1. The molecular weight excluding hydrogens is 310 g/mol. The van der Waals surface area contributed by atoms with Crippen LogP contribution in [-0.2, 0) is 4.74 Å². The lowest BCUT2D eigenvalue weighted by Crippen LogP contribution is -2.04. The number of hydrogen-bond acceptors (Lipinski definition) is 2. The molecule has 0 aliphatic heterocycles. The first-order chi connectivity index (χ1) is 6.74. The minimum atomic E-state index is 0.793. The monoisotopic (exact) mass is 321 g/mol. The van der Waals surface area contributed by atoms with E-state index in [-0.39, 0.29) is 0 Å². The molecule has 0 atom stereocenters. The van der Waals surface area contributed by atoms with Crippen LogP contribution in [-0.4, -0.2) is 20.3 Å². The fraction of sp³-hybridized carbons (Fsp3) is 0.400. The lowest BCUT2D eigenvalue weighted by atomic mass is 10.3. The lowest BCUT2D eigenvalue weighted by Gasteiger charge is -2.08. The quantitative estimate of drug-likeness (QED) is 0.835. The molecule has 4 heteroatoms. The van der Waals surface area contributed by atoms with Gasteiger partial charge in [-0.05, 0) is 40.5 Å². The summed E-state index contributed by atoms with van der Waals surface area (Å²) < 4.78 is 7.12. The van der Waals surface area contributed by atoms with Gasteiger partial charge >= 0.3 is 0 Å². The average molecular weight is 323 g/mol. The maximum atomic E-state index is 4.97. The van der Waals surface area contributed by atoms with Gasteiger partial charge in [-0.1, -0.05) is 15.9 Å². The Labute approximate surface area is 101 Å². The van der Waals surface area contributed by atoms with Crippen LogP contribution < -0.4 is 5.32 Å². The van der Waals surface area contributed by atoms with Crippen molar-refractivity contribution < 1.29 is 4.74 Å². The van der Waals surface area contributed by atoms with Crippen molar-refractivity contribution in [2.45, 2.75) is 6.42 Å². The van der Waals surface area contributed by atoms with Gasteiger partial charge in [-0.3, -0.25) is 0 Å². The predicted octanol–water partition coefficient (Wildman–Crippen LogP) is 3.66. The van der Waals surface area contributed by atoms with Gasteiger partial charge in [0.2, 0.25) is 0 Å². The Morgan fingerprint density at radius 1 is 1.36 bits per heavy atom. The number of ether oxygens (including phenoxy) is 1. The van der Waals surface area contributed by atoms with Crippen LogP contribution in [0.4, 0.5) is 5.69 Å². The minimum absolute atomic E-state index is 0.793. The minimum Gasteiger partial charge on any atom is -0.385 e. The van der Waals surface area contributed by atoms with Crippen LogP contribution in [0.3, 0.4) is 0 Å². The molecule has 2 nitrogen and oxygen atoms in total. The first-order valence-electron chi connectivity index (χ1n) is 4.42. The van der Waals surface area contributed by atoms with Crippen LogP contribution in [0.5, 0.6) is 0 Å². The molecule has 1 N–H and O–H groups in total. The van der Waals surface area contributed by atoms with Crippen molar-refractivity contribution in [2.75, 3.05) is 25.6 Å². The number of nitrogens with one attached hydrogen (secondary N) is 1.